The number of ether oxygens (including phenoxy) is 1. The lowest BCUT2D eigenvalue weighted by molar-refractivity contribution is -0.142. The van der Waals surface area contributed by atoms with Crippen molar-refractivity contribution < 1.29 is 9.53 Å². The van der Waals surface area contributed by atoms with Crippen molar-refractivity contribution in [3.8, 4) is 0 Å². The van der Waals surface area contributed by atoms with Crippen molar-refractivity contribution in [3.05, 3.63) is 0 Å². The highest BCUT2D eigenvalue weighted by Gasteiger charge is 2.32. The second kappa shape index (κ2) is 4.94. The first-order chi connectivity index (χ1) is 6.95. The number of nitrogens with zero attached hydrogens (tertiary/aromatic N) is 1. The number of carbonyl (C=O) groups is 1. The van der Waals surface area contributed by atoms with Gasteiger partial charge < -0.3 is 10.1 Å². The zero-order valence-electron chi connectivity index (χ0n) is 10.2. The fraction of sp³-hybridized carbons (Fsp3) is 0.909. The molecule has 0 spiro atoms. The summed E-state index contributed by atoms with van der Waals surface area (Å²) in [5.41, 5.74) is 0.112. The Morgan fingerprint density at radius 2 is 2.20 bits per heavy atom. The molecular weight excluding hydrogens is 192 g/mol. The van der Waals surface area contributed by atoms with Crippen LogP contribution in [0.1, 0.15) is 27.2 Å². The van der Waals surface area contributed by atoms with Crippen molar-refractivity contribution in [3.63, 3.8) is 0 Å². The third-order valence-electron chi connectivity index (χ3n) is 2.84. The Bertz CT molecular complexity index is 223. The predicted molar refractivity (Wildman–Crippen MR) is 59.7 cm³/mol. The lowest BCUT2D eigenvalue weighted by Gasteiger charge is -2.44. The lowest BCUT2D eigenvalue weighted by atomic mass is 9.99. The van der Waals surface area contributed by atoms with Gasteiger partial charge in [0.1, 0.15) is 0 Å². The van der Waals surface area contributed by atoms with Crippen LogP contribution in [-0.2, 0) is 9.53 Å². The summed E-state index contributed by atoms with van der Waals surface area (Å²) in [7, 11) is 1.44. The third kappa shape index (κ3) is 3.47. The third-order valence-corrected chi connectivity index (χ3v) is 2.84. The molecule has 0 radical (unpaired) electrons. The molecule has 0 aromatic rings. The van der Waals surface area contributed by atoms with Gasteiger partial charge in [-0.05, 0) is 20.8 Å². The summed E-state index contributed by atoms with van der Waals surface area (Å²) in [6, 6.07) is 0.256. The minimum atomic E-state index is -0.127. The molecule has 1 aliphatic rings. The molecule has 1 saturated heterocycles. The van der Waals surface area contributed by atoms with Crippen molar-refractivity contribution in [1.82, 2.24) is 10.2 Å². The van der Waals surface area contributed by atoms with Gasteiger partial charge in [0.05, 0.1) is 13.5 Å². The predicted octanol–water partition coefficient (Wildman–Crippen LogP) is 0.622. The molecule has 1 fully saturated rings. The van der Waals surface area contributed by atoms with Gasteiger partial charge in [-0.2, -0.15) is 0 Å². The maximum absolute atomic E-state index is 11.3. The molecule has 1 atom stereocenters. The van der Waals surface area contributed by atoms with Crippen LogP contribution in [0, 0.1) is 0 Å². The maximum Gasteiger partial charge on any atom is 0.307 e. The number of methoxy groups -OCH3 is 1. The molecule has 4 heteroatoms. The Morgan fingerprint density at radius 3 is 2.73 bits per heavy atom. The summed E-state index contributed by atoms with van der Waals surface area (Å²) in [5.74, 6) is -0.127. The minimum Gasteiger partial charge on any atom is -0.469 e. The van der Waals surface area contributed by atoms with Crippen molar-refractivity contribution >= 4 is 5.97 Å². The van der Waals surface area contributed by atoms with Crippen molar-refractivity contribution in [1.29, 1.82) is 0 Å². The Hall–Kier alpha value is -0.610. The first-order valence-corrected chi connectivity index (χ1v) is 5.49. The van der Waals surface area contributed by atoms with E-state index in [1.807, 2.05) is 0 Å². The van der Waals surface area contributed by atoms with E-state index < -0.39 is 0 Å². The molecule has 0 aliphatic carbocycles. The van der Waals surface area contributed by atoms with Crippen molar-refractivity contribution in [2.24, 2.45) is 0 Å². The van der Waals surface area contributed by atoms with E-state index in [4.69, 9.17) is 4.74 Å². The van der Waals surface area contributed by atoms with E-state index in [1.54, 1.807) is 0 Å². The molecule has 1 N–H and O–H groups in total. The Balaban J connectivity index is 2.62. The van der Waals surface area contributed by atoms with Gasteiger partial charge in [-0.15, -0.1) is 0 Å². The second-order valence-corrected chi connectivity index (χ2v) is 5.00. The van der Waals surface area contributed by atoms with Crippen molar-refractivity contribution in [2.45, 2.75) is 38.8 Å². The Morgan fingerprint density at radius 1 is 1.53 bits per heavy atom. The van der Waals surface area contributed by atoms with E-state index >= 15 is 0 Å². The standard InChI is InChI=1S/C11H22N2O2/c1-11(2,3)13-6-5-12-8-9(13)7-10(14)15-4/h9,12H,5-8H2,1-4H3. The van der Waals surface area contributed by atoms with E-state index in [0.29, 0.717) is 6.42 Å². The summed E-state index contributed by atoms with van der Waals surface area (Å²) >= 11 is 0. The zero-order valence-corrected chi connectivity index (χ0v) is 10.2. The summed E-state index contributed by atoms with van der Waals surface area (Å²) in [6.45, 7) is 9.40. The van der Waals surface area contributed by atoms with Gasteiger partial charge >= 0.3 is 5.97 Å². The number of carbonyl (C=O) groups excluding carboxylic acids is 1. The Kier molecular flexibility index (Phi) is 4.11. The average Bonchev–Trinajstić information content (AvgIpc) is 2.17. The molecule has 1 heterocycles. The normalized spacial score (nSPS) is 23.9. The average molecular weight is 214 g/mol. The molecule has 0 aromatic carbocycles. The topological polar surface area (TPSA) is 41.6 Å². The number of esters is 1. The zero-order chi connectivity index (χ0) is 11.5. The van der Waals surface area contributed by atoms with Crippen LogP contribution in [0.25, 0.3) is 0 Å². The van der Waals surface area contributed by atoms with Gasteiger partial charge in [0.2, 0.25) is 0 Å². The first-order valence-electron chi connectivity index (χ1n) is 5.49. The van der Waals surface area contributed by atoms with E-state index in [9.17, 15) is 4.79 Å². The number of rotatable bonds is 2. The number of piperazine rings is 1. The molecule has 0 aromatic heterocycles. The van der Waals surface area contributed by atoms with Crippen LogP contribution in [0.2, 0.25) is 0 Å². The molecular formula is C11H22N2O2. The van der Waals surface area contributed by atoms with E-state index in [-0.39, 0.29) is 17.6 Å². The molecule has 0 bridgehead atoms. The number of hydrogen-bond donors (Lipinski definition) is 1. The summed E-state index contributed by atoms with van der Waals surface area (Å²) in [6.07, 6.45) is 0.473. The second-order valence-electron chi connectivity index (χ2n) is 5.00. The van der Waals surface area contributed by atoms with Crippen LogP contribution in [0.4, 0.5) is 0 Å². The first kappa shape index (κ1) is 12.5. The van der Waals surface area contributed by atoms with E-state index in [0.717, 1.165) is 19.6 Å². The SMILES string of the molecule is COC(=O)CC1CNCCN1C(C)(C)C. The summed E-state index contributed by atoms with van der Waals surface area (Å²) in [4.78, 5) is 13.7. The number of nitrogens with one attached hydrogen (secondary N) is 1. The monoisotopic (exact) mass is 214 g/mol. The van der Waals surface area contributed by atoms with Crippen LogP contribution >= 0.6 is 0 Å². The van der Waals surface area contributed by atoms with Crippen LogP contribution in [-0.4, -0.2) is 49.2 Å². The van der Waals surface area contributed by atoms with Gasteiger partial charge in [0.25, 0.3) is 0 Å². The molecule has 1 rings (SSSR count). The smallest absolute Gasteiger partial charge is 0.307 e. The van der Waals surface area contributed by atoms with E-state index in [1.165, 1.54) is 7.11 Å². The van der Waals surface area contributed by atoms with Crippen LogP contribution in [0.5, 0.6) is 0 Å². The minimum absolute atomic E-state index is 0.112. The molecule has 0 amide bonds. The van der Waals surface area contributed by atoms with Gasteiger partial charge in [-0.1, -0.05) is 0 Å². The molecule has 1 aliphatic heterocycles. The van der Waals surface area contributed by atoms with Crippen LogP contribution < -0.4 is 5.32 Å². The highest BCUT2D eigenvalue weighted by Crippen LogP contribution is 2.20. The van der Waals surface area contributed by atoms with Crippen molar-refractivity contribution in [2.75, 3.05) is 26.7 Å². The van der Waals surface area contributed by atoms with Crippen LogP contribution in [0.15, 0.2) is 0 Å². The quantitative estimate of drug-likeness (QED) is 0.684. The summed E-state index contributed by atoms with van der Waals surface area (Å²) in [5, 5.41) is 3.32. The highest BCUT2D eigenvalue weighted by molar-refractivity contribution is 5.70. The molecule has 88 valence electrons. The molecule has 15 heavy (non-hydrogen) atoms. The molecule has 0 saturated carbocycles. The lowest BCUT2D eigenvalue weighted by Crippen LogP contribution is -2.58. The fourth-order valence-electron chi connectivity index (χ4n) is 2.10. The van der Waals surface area contributed by atoms with Gasteiger partial charge in [0.15, 0.2) is 0 Å². The van der Waals surface area contributed by atoms with Gasteiger partial charge in [0, 0.05) is 31.2 Å². The molecule has 4 nitrogen and oxygen atoms in total. The number of hydrogen-bond acceptors (Lipinski definition) is 4. The molecule has 1 unspecified atom stereocenters. The largest absolute Gasteiger partial charge is 0.469 e. The van der Waals surface area contributed by atoms with Gasteiger partial charge in [-0.3, -0.25) is 9.69 Å². The van der Waals surface area contributed by atoms with Crippen LogP contribution in [0.3, 0.4) is 0 Å². The summed E-state index contributed by atoms with van der Waals surface area (Å²) < 4.78 is 4.72. The highest BCUT2D eigenvalue weighted by atomic mass is 16.5. The fourth-order valence-corrected chi connectivity index (χ4v) is 2.10. The van der Waals surface area contributed by atoms with Gasteiger partial charge in [-0.25, -0.2) is 0 Å². The maximum atomic E-state index is 11.3. The Labute approximate surface area is 92.0 Å². The van der Waals surface area contributed by atoms with E-state index in [2.05, 4.69) is 31.0 Å².